The first-order valence-electron chi connectivity index (χ1n) is 7.77. The van der Waals surface area contributed by atoms with Gasteiger partial charge in [-0.1, -0.05) is 0 Å². The van der Waals surface area contributed by atoms with E-state index in [9.17, 15) is 39.9 Å². The molecule has 3 rings (SSSR count). The Balaban J connectivity index is 2.20. The summed E-state index contributed by atoms with van der Waals surface area (Å²) < 4.78 is 106. The summed E-state index contributed by atoms with van der Waals surface area (Å²) in [5.41, 5.74) is -4.40. The maximum absolute atomic E-state index is 13.5. The van der Waals surface area contributed by atoms with E-state index in [1.165, 1.54) is 24.9 Å². The molecule has 0 aliphatic rings. The number of aryl methyl sites for hydroxylation is 2. The monoisotopic (exact) mass is 429 g/mol. The van der Waals surface area contributed by atoms with Gasteiger partial charge in [-0.2, -0.15) is 44.7 Å². The highest BCUT2D eigenvalue weighted by Gasteiger charge is 2.57. The molecule has 158 valence electrons. The maximum atomic E-state index is 13.5. The van der Waals surface area contributed by atoms with Crippen molar-refractivity contribution >= 4 is 5.65 Å². The third-order valence-electron chi connectivity index (χ3n) is 4.08. The number of hydrogen-bond donors (Lipinski definition) is 0. The maximum Gasteiger partial charge on any atom is 0.455 e. The van der Waals surface area contributed by atoms with E-state index in [4.69, 9.17) is 0 Å². The first kappa shape index (κ1) is 20.8. The topological polar surface area (TPSA) is 57.1 Å². The predicted octanol–water partition coefficient (Wildman–Crippen LogP) is 3.42. The van der Waals surface area contributed by atoms with E-state index in [1.54, 1.807) is 0 Å². The highest BCUT2D eigenvalue weighted by Crippen LogP contribution is 2.37. The lowest BCUT2D eigenvalue weighted by molar-refractivity contribution is -0.287. The van der Waals surface area contributed by atoms with Crippen molar-refractivity contribution in [3.63, 3.8) is 0 Å². The van der Waals surface area contributed by atoms with Crippen LogP contribution >= 0.6 is 0 Å². The minimum absolute atomic E-state index is 0.119. The Morgan fingerprint density at radius 1 is 1.03 bits per heavy atom. The van der Waals surface area contributed by atoms with Crippen LogP contribution in [0.2, 0.25) is 0 Å². The van der Waals surface area contributed by atoms with Crippen LogP contribution in [0.15, 0.2) is 23.4 Å². The van der Waals surface area contributed by atoms with Crippen LogP contribution in [0.5, 0.6) is 0 Å². The molecule has 0 N–H and O–H groups in total. The van der Waals surface area contributed by atoms with Gasteiger partial charge < -0.3 is 0 Å². The zero-order chi connectivity index (χ0) is 21.9. The van der Waals surface area contributed by atoms with Crippen LogP contribution in [0, 0.1) is 6.92 Å². The zero-order valence-electron chi connectivity index (χ0n) is 14.6. The summed E-state index contributed by atoms with van der Waals surface area (Å²) in [5, 5.41) is 3.25. The second-order valence-electron chi connectivity index (χ2n) is 6.29. The van der Waals surface area contributed by atoms with E-state index in [0.717, 1.165) is 4.52 Å². The Labute approximate surface area is 156 Å². The first-order chi connectivity index (χ1) is 13.1. The summed E-state index contributed by atoms with van der Waals surface area (Å²) >= 11 is 0. The average Bonchev–Trinajstić information content (AvgIpc) is 3.09. The second-order valence-corrected chi connectivity index (χ2v) is 6.29. The van der Waals surface area contributed by atoms with Crippen LogP contribution < -0.4 is 5.56 Å². The van der Waals surface area contributed by atoms with Crippen molar-refractivity contribution in [2.75, 3.05) is 0 Å². The molecular formula is C15H11F8N5O. The molecule has 0 saturated heterocycles. The predicted molar refractivity (Wildman–Crippen MR) is 82.4 cm³/mol. The molecule has 0 aliphatic heterocycles. The molecule has 0 radical (unpaired) electrons. The average molecular weight is 429 g/mol. The van der Waals surface area contributed by atoms with Crippen molar-refractivity contribution in [1.82, 2.24) is 24.0 Å². The molecule has 0 bridgehead atoms. The molecule has 0 saturated carbocycles. The summed E-state index contributed by atoms with van der Waals surface area (Å²) in [4.78, 5) is 16.2. The summed E-state index contributed by atoms with van der Waals surface area (Å²) in [5.74, 6) is -5.17. The van der Waals surface area contributed by atoms with Gasteiger partial charge >= 0.3 is 18.3 Å². The van der Waals surface area contributed by atoms with E-state index in [1.807, 2.05) is 0 Å². The van der Waals surface area contributed by atoms with Gasteiger partial charge in [0.25, 0.3) is 5.56 Å². The molecule has 14 heteroatoms. The smallest absolute Gasteiger partial charge is 0.287 e. The van der Waals surface area contributed by atoms with Crippen LogP contribution in [-0.2, 0) is 19.8 Å². The summed E-state index contributed by atoms with van der Waals surface area (Å²) in [6, 6.07) is 0. The van der Waals surface area contributed by atoms with Crippen LogP contribution in [0.3, 0.4) is 0 Å². The van der Waals surface area contributed by atoms with Crippen molar-refractivity contribution in [1.29, 1.82) is 0 Å². The van der Waals surface area contributed by atoms with Crippen LogP contribution in [0.4, 0.5) is 35.1 Å². The van der Waals surface area contributed by atoms with Gasteiger partial charge in [0.15, 0.2) is 11.3 Å². The van der Waals surface area contributed by atoms with Crippen LogP contribution in [0.1, 0.15) is 11.3 Å². The van der Waals surface area contributed by atoms with Crippen molar-refractivity contribution < 1.29 is 35.1 Å². The molecule has 3 aromatic heterocycles. The first-order valence-corrected chi connectivity index (χ1v) is 7.77. The Hall–Kier alpha value is -2.93. The number of halogens is 8. The Morgan fingerprint density at radius 3 is 2.21 bits per heavy atom. The number of alkyl halides is 8. The van der Waals surface area contributed by atoms with Crippen molar-refractivity contribution in [3.05, 3.63) is 40.2 Å². The van der Waals surface area contributed by atoms with Gasteiger partial charge in [0.1, 0.15) is 6.54 Å². The van der Waals surface area contributed by atoms with Crippen molar-refractivity contribution in [3.8, 4) is 11.1 Å². The quantitative estimate of drug-likeness (QED) is 0.600. The second kappa shape index (κ2) is 6.29. The highest BCUT2D eigenvalue weighted by atomic mass is 19.4. The fourth-order valence-corrected chi connectivity index (χ4v) is 2.79. The summed E-state index contributed by atoms with van der Waals surface area (Å²) in [6.45, 7) is -0.531. The Morgan fingerprint density at radius 2 is 1.66 bits per heavy atom. The third kappa shape index (κ3) is 3.46. The molecule has 6 nitrogen and oxygen atoms in total. The standard InChI is InChI=1S/C15H11F8N5O/c1-7-4-26(2)28-11(7)25-10(14(18,19)20)9(12(28)29)8-3-24-27(5-8)6-13(16,17)15(21,22)23/h3-5H,6H2,1-2H3. The molecule has 0 aliphatic carbocycles. The van der Waals surface area contributed by atoms with Gasteiger partial charge in [-0.25, -0.2) is 4.98 Å². The van der Waals surface area contributed by atoms with E-state index in [2.05, 4.69) is 10.1 Å². The molecule has 3 heterocycles. The molecule has 0 amide bonds. The van der Waals surface area contributed by atoms with E-state index in [-0.39, 0.29) is 15.9 Å². The minimum atomic E-state index is -5.88. The third-order valence-corrected chi connectivity index (χ3v) is 4.08. The fraction of sp³-hybridized carbons (Fsp3) is 0.400. The number of hydrogen-bond acceptors (Lipinski definition) is 3. The molecule has 0 fully saturated rings. The normalized spacial score (nSPS) is 13.4. The molecular weight excluding hydrogens is 418 g/mol. The lowest BCUT2D eigenvalue weighted by atomic mass is 10.1. The van der Waals surface area contributed by atoms with Crippen LogP contribution in [0.25, 0.3) is 16.8 Å². The molecule has 0 unspecified atom stereocenters. The van der Waals surface area contributed by atoms with Crippen LogP contribution in [-0.4, -0.2) is 36.1 Å². The molecule has 29 heavy (non-hydrogen) atoms. The molecule has 0 spiro atoms. The Bertz CT molecular complexity index is 1130. The number of aromatic nitrogens is 5. The van der Waals surface area contributed by atoms with E-state index >= 15 is 0 Å². The van der Waals surface area contributed by atoms with E-state index in [0.29, 0.717) is 12.4 Å². The SMILES string of the molecule is Cc1cn(C)n2c(=O)c(-c3cnn(CC(F)(F)C(F)(F)F)c3)c(C(F)(F)F)nc12. The largest absolute Gasteiger partial charge is 0.455 e. The van der Waals surface area contributed by atoms with Gasteiger partial charge in [0.2, 0.25) is 0 Å². The van der Waals surface area contributed by atoms with Gasteiger partial charge in [0.05, 0.1) is 11.8 Å². The fourth-order valence-electron chi connectivity index (χ4n) is 2.79. The number of nitrogens with zero attached hydrogens (tertiary/aromatic N) is 5. The van der Waals surface area contributed by atoms with Gasteiger partial charge in [0, 0.05) is 30.6 Å². The number of rotatable bonds is 3. The van der Waals surface area contributed by atoms with Gasteiger partial charge in [-0.15, -0.1) is 0 Å². The summed E-state index contributed by atoms with van der Waals surface area (Å²) in [7, 11) is 1.37. The van der Waals surface area contributed by atoms with Gasteiger partial charge in [-0.3, -0.25) is 14.2 Å². The van der Waals surface area contributed by atoms with E-state index < -0.39 is 47.2 Å². The lowest BCUT2D eigenvalue weighted by Crippen LogP contribution is -2.40. The van der Waals surface area contributed by atoms with Crippen molar-refractivity contribution in [2.45, 2.75) is 31.7 Å². The zero-order valence-corrected chi connectivity index (χ0v) is 14.6. The summed E-state index contributed by atoms with van der Waals surface area (Å²) in [6.07, 6.45) is -8.51. The molecule has 3 aromatic rings. The lowest BCUT2D eigenvalue weighted by Gasteiger charge is -2.19. The van der Waals surface area contributed by atoms with Gasteiger partial charge in [-0.05, 0) is 6.92 Å². The highest BCUT2D eigenvalue weighted by molar-refractivity contribution is 5.66. The number of fused-ring (bicyclic) bond motifs is 1. The minimum Gasteiger partial charge on any atom is -0.287 e. The van der Waals surface area contributed by atoms with Crippen molar-refractivity contribution in [2.24, 2.45) is 7.05 Å². The Kier molecular flexibility index (Phi) is 4.51. The molecule has 0 aromatic carbocycles. The molecule has 0 atom stereocenters.